The molecular weight excluding hydrogens is 522 g/mol. The summed E-state index contributed by atoms with van der Waals surface area (Å²) in [6.07, 6.45) is 5.68. The number of carbonyl (C=O) groups is 1. The first-order valence-corrected chi connectivity index (χ1v) is 14.5. The molecule has 3 heterocycles. The van der Waals surface area contributed by atoms with Gasteiger partial charge in [0.25, 0.3) is 5.91 Å². The van der Waals surface area contributed by atoms with Gasteiger partial charge in [-0.25, -0.2) is 4.99 Å². The maximum atomic E-state index is 13.8. The maximum absolute atomic E-state index is 13.8. The number of ether oxygens (including phenoxy) is 2. The van der Waals surface area contributed by atoms with Crippen molar-refractivity contribution >= 4 is 40.3 Å². The van der Waals surface area contributed by atoms with E-state index >= 15 is 0 Å². The molecule has 40 heavy (non-hydrogen) atoms. The fraction of sp³-hybridized carbons (Fsp3) is 0.375. The molecule has 2 aliphatic rings. The number of hydrogen-bond acceptors (Lipinski definition) is 7. The van der Waals surface area contributed by atoms with E-state index in [-0.39, 0.29) is 11.4 Å². The highest BCUT2D eigenvalue weighted by molar-refractivity contribution is 8.18. The number of hydrogen-bond donors (Lipinski definition) is 0. The predicted octanol–water partition coefficient (Wildman–Crippen LogP) is 7.60. The topological polar surface area (TPSA) is 67.5 Å². The fourth-order valence-corrected chi connectivity index (χ4v) is 6.65. The third-order valence-electron chi connectivity index (χ3n) is 7.55. The first-order valence-electron chi connectivity index (χ1n) is 13.7. The summed E-state index contributed by atoms with van der Waals surface area (Å²) in [5, 5.41) is 0.596. The normalized spacial score (nSPS) is 20.4. The van der Waals surface area contributed by atoms with Crippen LogP contribution in [0.5, 0.6) is 11.5 Å². The minimum atomic E-state index is -0.116. The monoisotopic (exact) mass is 559 g/mol. The van der Waals surface area contributed by atoms with Crippen LogP contribution in [0.25, 0.3) is 6.08 Å². The number of rotatable bonds is 8. The van der Waals surface area contributed by atoms with Crippen molar-refractivity contribution in [1.29, 1.82) is 0 Å². The lowest BCUT2D eigenvalue weighted by Gasteiger charge is -2.47. The molecule has 2 aromatic carbocycles. The summed E-state index contributed by atoms with van der Waals surface area (Å²) in [5.41, 5.74) is 4.19. The molecule has 210 valence electrons. The van der Waals surface area contributed by atoms with Crippen molar-refractivity contribution in [2.45, 2.75) is 58.5 Å². The van der Waals surface area contributed by atoms with Gasteiger partial charge in [-0.3, -0.25) is 9.69 Å². The molecule has 0 spiro atoms. The Morgan fingerprint density at radius 1 is 1.15 bits per heavy atom. The summed E-state index contributed by atoms with van der Waals surface area (Å²) >= 11 is 1.36. The Kier molecular flexibility index (Phi) is 7.99. The number of thioether (sulfide) groups is 1. The minimum Gasteiger partial charge on any atom is -0.497 e. The zero-order chi connectivity index (χ0) is 28.4. The van der Waals surface area contributed by atoms with Crippen molar-refractivity contribution in [3.05, 3.63) is 76.6 Å². The van der Waals surface area contributed by atoms with E-state index in [0.717, 1.165) is 42.1 Å². The summed E-state index contributed by atoms with van der Waals surface area (Å²) < 4.78 is 16.7. The first kappa shape index (κ1) is 27.9. The molecule has 0 N–H and O–H groups in total. The van der Waals surface area contributed by atoms with E-state index in [2.05, 4.69) is 44.7 Å². The number of benzene rings is 2. The first-order chi connectivity index (χ1) is 19.2. The number of furan rings is 1. The Morgan fingerprint density at radius 2 is 1.93 bits per heavy atom. The fourth-order valence-electron chi connectivity index (χ4n) is 5.66. The van der Waals surface area contributed by atoms with Crippen LogP contribution in [-0.2, 0) is 11.3 Å². The SMILES string of the molecule is CCCN1c2cc(OC)c(/C=C3/SC(=Nc4ccc(OC)cc4)N(Cc4ccco4)C3=O)cc2C(C)CC1(C)C. The lowest BCUT2D eigenvalue weighted by molar-refractivity contribution is -0.122. The van der Waals surface area contributed by atoms with Crippen LogP contribution in [0.1, 0.15) is 63.3 Å². The number of carbonyl (C=O) groups excluding carboxylic acids is 1. The zero-order valence-electron chi connectivity index (χ0n) is 24.1. The van der Waals surface area contributed by atoms with Crippen LogP contribution in [0.15, 0.2) is 69.1 Å². The van der Waals surface area contributed by atoms with Crippen molar-refractivity contribution in [3.8, 4) is 11.5 Å². The second kappa shape index (κ2) is 11.5. The largest absolute Gasteiger partial charge is 0.497 e. The van der Waals surface area contributed by atoms with Gasteiger partial charge in [0.1, 0.15) is 17.3 Å². The lowest BCUT2D eigenvalue weighted by atomic mass is 9.79. The zero-order valence-corrected chi connectivity index (χ0v) is 24.9. The average Bonchev–Trinajstić information content (AvgIpc) is 3.55. The smallest absolute Gasteiger partial charge is 0.267 e. The third kappa shape index (κ3) is 5.50. The summed E-state index contributed by atoms with van der Waals surface area (Å²) in [5.74, 6) is 2.47. The summed E-state index contributed by atoms with van der Waals surface area (Å²) in [6.45, 7) is 10.4. The van der Waals surface area contributed by atoms with Crippen molar-refractivity contribution in [3.63, 3.8) is 0 Å². The van der Waals surface area contributed by atoms with Crippen molar-refractivity contribution in [2.24, 2.45) is 4.99 Å². The van der Waals surface area contributed by atoms with E-state index < -0.39 is 0 Å². The number of nitrogens with zero attached hydrogens (tertiary/aromatic N) is 3. The van der Waals surface area contributed by atoms with Gasteiger partial charge in [0, 0.05) is 29.4 Å². The van der Waals surface area contributed by atoms with Crippen LogP contribution in [-0.4, -0.2) is 42.3 Å². The Hall–Kier alpha value is -3.65. The summed E-state index contributed by atoms with van der Waals surface area (Å²) in [6, 6.07) is 15.5. The van der Waals surface area contributed by atoms with Crippen molar-refractivity contribution in [2.75, 3.05) is 25.7 Å². The highest BCUT2D eigenvalue weighted by Crippen LogP contribution is 2.47. The third-order valence-corrected chi connectivity index (χ3v) is 8.56. The van der Waals surface area contributed by atoms with Crippen LogP contribution in [0.2, 0.25) is 0 Å². The molecule has 1 aromatic heterocycles. The van der Waals surface area contributed by atoms with Crippen molar-refractivity contribution < 1.29 is 18.7 Å². The number of anilines is 1. The predicted molar refractivity (Wildman–Crippen MR) is 163 cm³/mol. The van der Waals surface area contributed by atoms with Crippen LogP contribution in [0, 0.1) is 0 Å². The molecule has 8 heteroatoms. The van der Waals surface area contributed by atoms with E-state index in [1.807, 2.05) is 42.5 Å². The van der Waals surface area contributed by atoms with Gasteiger partial charge in [-0.05, 0) is 98.5 Å². The highest BCUT2D eigenvalue weighted by atomic mass is 32.2. The van der Waals surface area contributed by atoms with Gasteiger partial charge in [-0.1, -0.05) is 13.8 Å². The molecule has 3 aromatic rings. The molecular formula is C32H37N3O4S. The van der Waals surface area contributed by atoms with Crippen molar-refractivity contribution in [1.82, 2.24) is 4.90 Å². The quantitative estimate of drug-likeness (QED) is 0.265. The van der Waals surface area contributed by atoms with Gasteiger partial charge in [-0.15, -0.1) is 0 Å². The van der Waals surface area contributed by atoms with Crippen LogP contribution in [0.4, 0.5) is 11.4 Å². The Labute approximate surface area is 240 Å². The summed E-state index contributed by atoms with van der Waals surface area (Å²) in [4.78, 5) is 23.3. The molecule has 0 bridgehead atoms. The molecule has 5 rings (SSSR count). The van der Waals surface area contributed by atoms with Gasteiger partial charge in [0.2, 0.25) is 0 Å². The van der Waals surface area contributed by atoms with Crippen LogP contribution in [0.3, 0.4) is 0 Å². The van der Waals surface area contributed by atoms with E-state index in [0.29, 0.717) is 28.3 Å². The Balaban J connectivity index is 1.54. The molecule has 0 radical (unpaired) electrons. The van der Waals surface area contributed by atoms with E-state index in [4.69, 9.17) is 18.9 Å². The van der Waals surface area contributed by atoms with E-state index in [1.54, 1.807) is 25.4 Å². The van der Waals surface area contributed by atoms with Gasteiger partial charge in [0.05, 0.1) is 37.6 Å². The molecule has 0 saturated carbocycles. The molecule has 7 nitrogen and oxygen atoms in total. The van der Waals surface area contributed by atoms with Gasteiger partial charge < -0.3 is 18.8 Å². The van der Waals surface area contributed by atoms with Gasteiger partial charge in [0.15, 0.2) is 5.17 Å². The Morgan fingerprint density at radius 3 is 2.58 bits per heavy atom. The molecule has 1 unspecified atom stereocenters. The Bertz CT molecular complexity index is 1430. The second-order valence-electron chi connectivity index (χ2n) is 10.9. The van der Waals surface area contributed by atoms with Gasteiger partial charge >= 0.3 is 0 Å². The minimum absolute atomic E-state index is 0.0594. The highest BCUT2D eigenvalue weighted by Gasteiger charge is 2.38. The number of amidine groups is 1. The number of amides is 1. The molecule has 1 fully saturated rings. The maximum Gasteiger partial charge on any atom is 0.267 e. The number of aliphatic imine (C=N–C) groups is 1. The van der Waals surface area contributed by atoms with E-state index in [1.165, 1.54) is 23.0 Å². The molecule has 1 saturated heterocycles. The molecule has 2 aliphatic heterocycles. The standard InChI is InChI=1S/C32H37N3O4S/c1-7-14-35-27-18-28(38-6)22(16-26(27)21(2)19-32(35,3)4)17-29-30(36)34(20-25-9-8-15-39-25)31(40-29)33-23-10-12-24(37-5)13-11-23/h8-13,15-18,21H,7,14,19-20H2,1-6H3/b29-17+,33-31?. The van der Waals surface area contributed by atoms with Crippen LogP contribution >= 0.6 is 11.8 Å². The molecule has 0 aliphatic carbocycles. The average molecular weight is 560 g/mol. The summed E-state index contributed by atoms with van der Waals surface area (Å²) in [7, 11) is 3.32. The second-order valence-corrected chi connectivity index (χ2v) is 11.9. The molecule has 1 amide bonds. The number of methoxy groups -OCH3 is 2. The molecule has 1 atom stereocenters. The van der Waals surface area contributed by atoms with Gasteiger partial charge in [-0.2, -0.15) is 0 Å². The van der Waals surface area contributed by atoms with Crippen LogP contribution < -0.4 is 14.4 Å². The number of fused-ring (bicyclic) bond motifs is 1. The van der Waals surface area contributed by atoms with E-state index in [9.17, 15) is 4.79 Å². The lowest BCUT2D eigenvalue weighted by Crippen LogP contribution is -2.48.